The number of ether oxygens (including phenoxy) is 1. The van der Waals surface area contributed by atoms with Gasteiger partial charge in [-0.3, -0.25) is 9.59 Å². The first-order valence-electron chi connectivity index (χ1n) is 11.0. The maximum atomic E-state index is 13.9. The number of anilines is 1. The number of halogens is 2. The van der Waals surface area contributed by atoms with Gasteiger partial charge in [-0.2, -0.15) is 0 Å². The molecule has 1 amide bonds. The van der Waals surface area contributed by atoms with Gasteiger partial charge in [0.1, 0.15) is 5.75 Å². The molecule has 4 N–H and O–H groups in total. The van der Waals surface area contributed by atoms with Crippen molar-refractivity contribution >= 4 is 46.7 Å². The van der Waals surface area contributed by atoms with Crippen molar-refractivity contribution in [3.63, 3.8) is 0 Å². The molecule has 0 saturated heterocycles. The van der Waals surface area contributed by atoms with E-state index in [4.69, 9.17) is 33.7 Å². The third kappa shape index (κ3) is 3.36. The molecule has 1 aliphatic carbocycles. The lowest BCUT2D eigenvalue weighted by Crippen LogP contribution is -2.59. The molecule has 0 saturated carbocycles. The Hall–Kier alpha value is -3.32. The van der Waals surface area contributed by atoms with Crippen LogP contribution in [0.25, 0.3) is 6.08 Å². The highest BCUT2D eigenvalue weighted by atomic mass is 35.5. The topological polar surface area (TPSA) is 102 Å². The number of hydrogen-bond acceptors (Lipinski definition) is 5. The first kappa shape index (κ1) is 23.4. The molecule has 35 heavy (non-hydrogen) atoms. The lowest BCUT2D eigenvalue weighted by molar-refractivity contribution is -0.174. The minimum atomic E-state index is -2.17. The summed E-state index contributed by atoms with van der Waals surface area (Å²) in [6.45, 7) is 4.05. The van der Waals surface area contributed by atoms with Crippen LogP contribution >= 0.6 is 23.2 Å². The van der Waals surface area contributed by atoms with E-state index in [2.05, 4.69) is 5.32 Å². The third-order valence-electron chi connectivity index (χ3n) is 6.55. The van der Waals surface area contributed by atoms with Gasteiger partial charge in [0.15, 0.2) is 0 Å². The quantitative estimate of drug-likeness (QED) is 0.333. The summed E-state index contributed by atoms with van der Waals surface area (Å²) in [6, 6.07) is 15.1. The third-order valence-corrected chi connectivity index (χ3v) is 7.29. The number of Topliss-reactive ketones (excluding diaryl/α,β-unsaturated/α-hetero) is 1. The maximum Gasteiger partial charge on any atom is 0.271 e. The number of ketones is 1. The molecule has 2 aliphatic rings. The largest absolute Gasteiger partial charge is 0.454 e. The van der Waals surface area contributed by atoms with Crippen molar-refractivity contribution in [2.75, 3.05) is 5.73 Å². The van der Waals surface area contributed by atoms with Crippen molar-refractivity contribution < 1.29 is 19.4 Å². The molecule has 6 nitrogen and oxygen atoms in total. The van der Waals surface area contributed by atoms with Crippen molar-refractivity contribution in [3.8, 4) is 5.75 Å². The molecule has 178 valence electrons. The van der Waals surface area contributed by atoms with Crippen LogP contribution in [0.2, 0.25) is 10.0 Å². The van der Waals surface area contributed by atoms with Gasteiger partial charge in [0.25, 0.3) is 5.79 Å². The minimum absolute atomic E-state index is 0.127. The van der Waals surface area contributed by atoms with Crippen LogP contribution in [0.3, 0.4) is 0 Å². The van der Waals surface area contributed by atoms with Crippen molar-refractivity contribution in [3.05, 3.63) is 98.5 Å². The fraction of sp³-hybridized carbons (Fsp3) is 0.185. The summed E-state index contributed by atoms with van der Waals surface area (Å²) in [7, 11) is 0. The van der Waals surface area contributed by atoms with E-state index in [1.807, 2.05) is 19.9 Å². The zero-order valence-corrected chi connectivity index (χ0v) is 20.4. The van der Waals surface area contributed by atoms with Crippen LogP contribution in [0.5, 0.6) is 5.75 Å². The number of nitrogens with two attached hydrogens (primary N) is 1. The Morgan fingerprint density at radius 2 is 1.86 bits per heavy atom. The van der Waals surface area contributed by atoms with Gasteiger partial charge in [-0.15, -0.1) is 0 Å². The Morgan fingerprint density at radius 1 is 1.09 bits per heavy atom. The number of rotatable bonds is 4. The SMILES string of the molecule is CC(C)c1ccc2c(c1)OC1(O)c3cccc(N)c3C(=O)C21NC(=O)/C=C/c1ccc(Cl)c(Cl)c1. The van der Waals surface area contributed by atoms with E-state index in [0.29, 0.717) is 26.9 Å². The molecule has 2 atom stereocenters. The Kier molecular flexibility index (Phi) is 5.44. The number of nitrogens with one attached hydrogen (secondary N) is 1. The molecule has 0 bridgehead atoms. The first-order valence-corrected chi connectivity index (χ1v) is 11.8. The molecule has 3 aromatic rings. The van der Waals surface area contributed by atoms with E-state index in [1.165, 1.54) is 12.2 Å². The molecule has 1 heterocycles. The molecular weight excluding hydrogens is 487 g/mol. The van der Waals surface area contributed by atoms with E-state index in [1.54, 1.807) is 48.5 Å². The Morgan fingerprint density at radius 3 is 2.57 bits per heavy atom. The van der Waals surface area contributed by atoms with Gasteiger partial charge >= 0.3 is 0 Å². The summed E-state index contributed by atoms with van der Waals surface area (Å²) in [5, 5.41) is 15.4. The predicted octanol–water partition coefficient (Wildman–Crippen LogP) is 5.16. The van der Waals surface area contributed by atoms with E-state index < -0.39 is 23.0 Å². The minimum Gasteiger partial charge on any atom is -0.454 e. The fourth-order valence-electron chi connectivity index (χ4n) is 4.76. The van der Waals surface area contributed by atoms with Crippen LogP contribution in [0, 0.1) is 0 Å². The highest BCUT2D eigenvalue weighted by Crippen LogP contribution is 2.59. The lowest BCUT2D eigenvalue weighted by atomic mass is 9.82. The summed E-state index contributed by atoms with van der Waals surface area (Å²) in [6.07, 6.45) is 2.79. The van der Waals surface area contributed by atoms with Gasteiger partial charge < -0.3 is 20.9 Å². The Bertz CT molecular complexity index is 1430. The van der Waals surface area contributed by atoms with Gasteiger partial charge in [0.2, 0.25) is 17.2 Å². The molecule has 0 fully saturated rings. The molecule has 8 heteroatoms. The zero-order chi connectivity index (χ0) is 25.1. The lowest BCUT2D eigenvalue weighted by Gasteiger charge is -2.34. The number of amides is 1. The molecule has 0 radical (unpaired) electrons. The average Bonchev–Trinajstić information content (AvgIpc) is 3.17. The van der Waals surface area contributed by atoms with Crippen LogP contribution in [-0.4, -0.2) is 16.8 Å². The summed E-state index contributed by atoms with van der Waals surface area (Å²) in [5.41, 5.74) is 6.71. The van der Waals surface area contributed by atoms with Crippen LogP contribution < -0.4 is 15.8 Å². The predicted molar refractivity (Wildman–Crippen MR) is 136 cm³/mol. The van der Waals surface area contributed by atoms with E-state index in [9.17, 15) is 14.7 Å². The second-order valence-corrected chi connectivity index (χ2v) is 9.82. The Labute approximate surface area is 212 Å². The molecule has 0 spiro atoms. The highest BCUT2D eigenvalue weighted by molar-refractivity contribution is 6.42. The molecule has 1 aliphatic heterocycles. The number of benzene rings is 3. The van der Waals surface area contributed by atoms with Gasteiger partial charge in [-0.1, -0.05) is 67.4 Å². The van der Waals surface area contributed by atoms with E-state index in [-0.39, 0.29) is 22.7 Å². The number of aliphatic hydroxyl groups is 1. The summed E-state index contributed by atoms with van der Waals surface area (Å²) in [4.78, 5) is 27.1. The summed E-state index contributed by atoms with van der Waals surface area (Å²) in [5.74, 6) is -2.80. The molecule has 3 aromatic carbocycles. The first-order chi connectivity index (χ1) is 16.6. The molecule has 0 aromatic heterocycles. The number of nitrogen functional groups attached to an aromatic ring is 1. The normalized spacial score (nSPS) is 22.2. The zero-order valence-electron chi connectivity index (χ0n) is 18.9. The number of carbonyl (C=O) groups is 2. The molecular formula is C27H22Cl2N2O4. The van der Waals surface area contributed by atoms with Gasteiger partial charge in [-0.05, 0) is 47.4 Å². The van der Waals surface area contributed by atoms with Crippen LogP contribution in [0.1, 0.15) is 52.4 Å². The van der Waals surface area contributed by atoms with Gasteiger partial charge in [0, 0.05) is 22.9 Å². The summed E-state index contributed by atoms with van der Waals surface area (Å²) < 4.78 is 6.07. The maximum absolute atomic E-state index is 13.9. The van der Waals surface area contributed by atoms with Crippen molar-refractivity contribution in [1.82, 2.24) is 5.32 Å². The second-order valence-electron chi connectivity index (χ2n) is 9.00. The van der Waals surface area contributed by atoms with E-state index >= 15 is 0 Å². The van der Waals surface area contributed by atoms with Crippen LogP contribution in [0.4, 0.5) is 5.69 Å². The van der Waals surface area contributed by atoms with Crippen LogP contribution in [-0.2, 0) is 16.1 Å². The van der Waals surface area contributed by atoms with Gasteiger partial charge in [-0.25, -0.2) is 0 Å². The van der Waals surface area contributed by atoms with Crippen molar-refractivity contribution in [2.45, 2.75) is 31.1 Å². The highest BCUT2D eigenvalue weighted by Gasteiger charge is 2.72. The average molecular weight is 509 g/mol. The Balaban J connectivity index is 1.61. The number of carbonyl (C=O) groups excluding carboxylic acids is 2. The van der Waals surface area contributed by atoms with E-state index in [0.717, 1.165) is 5.56 Å². The standard InChI is InChI=1S/C27H22Cl2N2O4/c1-14(2)16-8-9-17-22(13-16)35-27(34)18-4-3-5-21(30)24(18)25(33)26(17,27)31-23(32)11-7-15-6-10-19(28)20(29)12-15/h3-14,34H,30H2,1-2H3,(H,31,32)/b11-7+. The number of hydrogen-bond donors (Lipinski definition) is 3. The fourth-order valence-corrected chi connectivity index (χ4v) is 5.07. The molecule has 2 unspecified atom stereocenters. The van der Waals surface area contributed by atoms with Crippen molar-refractivity contribution in [1.29, 1.82) is 0 Å². The molecule has 5 rings (SSSR count). The second kappa shape index (κ2) is 8.12. The van der Waals surface area contributed by atoms with Crippen molar-refractivity contribution in [2.24, 2.45) is 0 Å². The monoisotopic (exact) mass is 508 g/mol. The number of fused-ring (bicyclic) bond motifs is 5. The van der Waals surface area contributed by atoms with Crippen LogP contribution in [0.15, 0.2) is 60.7 Å². The summed E-state index contributed by atoms with van der Waals surface area (Å²) >= 11 is 12.0. The van der Waals surface area contributed by atoms with Gasteiger partial charge in [0.05, 0.1) is 15.6 Å². The smallest absolute Gasteiger partial charge is 0.271 e.